The van der Waals surface area contributed by atoms with E-state index in [0.717, 1.165) is 26.1 Å². The number of halogens is 2. The Labute approximate surface area is 151 Å². The number of Topliss-reactive ketones (excluding diaryl/α,β-unsaturated/α-hetero) is 1. The first kappa shape index (κ1) is 18.3. The predicted molar refractivity (Wildman–Crippen MR) is 103 cm³/mol. The van der Waals surface area contributed by atoms with E-state index >= 15 is 0 Å². The van der Waals surface area contributed by atoms with Crippen LogP contribution in [0, 0.1) is 15.3 Å². The average molecular weight is 447 g/mol. The van der Waals surface area contributed by atoms with Gasteiger partial charge in [-0.15, -0.1) is 0 Å². The molecule has 2 fully saturated rings. The minimum absolute atomic E-state index is 0.0930. The standard InChI is InChI=1S/C19H27FINO2/c1-13(2)19(23)17(12-22-15-5-9-24-10-6-15)16-4-3-14(11-18(16)20)21-7-8-21/h3-4,11,13,15,17,22H,5-10,12H2,1-2H3/t17-/m1/s1. The summed E-state index contributed by atoms with van der Waals surface area (Å²) in [7, 11) is 0. The van der Waals surface area contributed by atoms with Crippen LogP contribution in [0.1, 0.15) is 38.2 Å². The maximum absolute atomic E-state index is 14.7. The Morgan fingerprint density at radius 2 is 2.04 bits per heavy atom. The van der Waals surface area contributed by atoms with E-state index in [1.807, 2.05) is 19.9 Å². The van der Waals surface area contributed by atoms with Crippen LogP contribution in [-0.2, 0) is 9.53 Å². The molecular formula is C19H27FINO2. The molecule has 0 amide bonds. The third kappa shape index (κ3) is 4.55. The van der Waals surface area contributed by atoms with Crippen LogP contribution in [-0.4, -0.2) is 40.4 Å². The molecule has 1 atom stereocenters. The van der Waals surface area contributed by atoms with Crippen molar-refractivity contribution in [2.24, 2.45) is 5.92 Å². The molecule has 0 bridgehead atoms. The van der Waals surface area contributed by atoms with Gasteiger partial charge in [-0.3, -0.25) is 0 Å². The summed E-state index contributed by atoms with van der Waals surface area (Å²) in [6.07, 6.45) is 1.91. The van der Waals surface area contributed by atoms with Crippen molar-refractivity contribution in [1.82, 2.24) is 5.32 Å². The summed E-state index contributed by atoms with van der Waals surface area (Å²) in [4.78, 5) is 12.7. The van der Waals surface area contributed by atoms with Crippen molar-refractivity contribution >= 4 is 25.6 Å². The number of hydrogen-bond donors (Lipinski definition) is 1. The molecule has 0 saturated carbocycles. The number of alkyl halides is 2. The summed E-state index contributed by atoms with van der Waals surface area (Å²) in [6.45, 7) is 5.83. The summed E-state index contributed by atoms with van der Waals surface area (Å²) in [5.41, 5.74) is 0.565. The van der Waals surface area contributed by atoms with Gasteiger partial charge in [0.2, 0.25) is 0 Å². The zero-order valence-electron chi connectivity index (χ0n) is 14.5. The van der Waals surface area contributed by atoms with Crippen molar-refractivity contribution < 1.29 is 13.9 Å². The van der Waals surface area contributed by atoms with Crippen molar-refractivity contribution in [3.8, 4) is 0 Å². The van der Waals surface area contributed by atoms with E-state index in [9.17, 15) is 9.18 Å². The fourth-order valence-corrected chi connectivity index (χ4v) is 7.38. The predicted octanol–water partition coefficient (Wildman–Crippen LogP) is 3.59. The second-order valence-electron chi connectivity index (χ2n) is 6.90. The Morgan fingerprint density at radius 1 is 1.33 bits per heavy atom. The summed E-state index contributed by atoms with van der Waals surface area (Å²) in [5, 5.41) is 3.48. The number of nitrogens with one attached hydrogen (secondary N) is 1. The van der Waals surface area contributed by atoms with Gasteiger partial charge in [-0.1, -0.05) is 0 Å². The second-order valence-corrected chi connectivity index (χ2v) is 12.9. The van der Waals surface area contributed by atoms with Gasteiger partial charge in [0, 0.05) is 0 Å². The maximum atomic E-state index is 14.7. The van der Waals surface area contributed by atoms with Crippen LogP contribution in [0.4, 0.5) is 4.39 Å². The molecule has 24 heavy (non-hydrogen) atoms. The van der Waals surface area contributed by atoms with Crippen molar-refractivity contribution in [1.29, 1.82) is 0 Å². The third-order valence-electron chi connectivity index (χ3n) is 4.77. The van der Waals surface area contributed by atoms with Crippen LogP contribution < -0.4 is 5.32 Å². The Hall–Kier alpha value is -0.530. The van der Waals surface area contributed by atoms with Gasteiger partial charge in [0.25, 0.3) is 0 Å². The van der Waals surface area contributed by atoms with Crippen LogP contribution in [0.15, 0.2) is 18.2 Å². The van der Waals surface area contributed by atoms with Crippen molar-refractivity contribution in [2.45, 2.75) is 38.6 Å². The number of rotatable bonds is 7. The number of ether oxygens (including phenoxy) is 1. The minimum atomic E-state index is -0.966. The van der Waals surface area contributed by atoms with Crippen molar-refractivity contribution in [3.05, 3.63) is 33.1 Å². The number of benzene rings is 1. The van der Waals surface area contributed by atoms with E-state index in [2.05, 4.69) is 11.4 Å². The molecule has 3 rings (SSSR count). The number of hydrogen-bond acceptors (Lipinski definition) is 3. The van der Waals surface area contributed by atoms with Gasteiger partial charge < -0.3 is 0 Å². The van der Waals surface area contributed by atoms with Gasteiger partial charge in [-0.2, -0.15) is 0 Å². The molecule has 0 aromatic heterocycles. The Bertz CT molecular complexity index is 583. The van der Waals surface area contributed by atoms with Gasteiger partial charge in [-0.05, 0) is 0 Å². The zero-order valence-corrected chi connectivity index (χ0v) is 16.6. The molecule has 2 saturated heterocycles. The third-order valence-corrected chi connectivity index (χ3v) is 9.36. The molecule has 5 heteroatoms. The van der Waals surface area contributed by atoms with Crippen LogP contribution in [0.25, 0.3) is 0 Å². The van der Waals surface area contributed by atoms with Crippen molar-refractivity contribution in [2.75, 3.05) is 28.6 Å². The van der Waals surface area contributed by atoms with E-state index in [1.54, 1.807) is 6.07 Å². The molecule has 0 spiro atoms. The Balaban J connectivity index is 1.74. The molecule has 2 aliphatic rings. The van der Waals surface area contributed by atoms with Gasteiger partial charge in [0.05, 0.1) is 0 Å². The Kier molecular flexibility index (Phi) is 6.27. The summed E-state index contributed by atoms with van der Waals surface area (Å²) < 4.78 is 23.9. The number of carbonyl (C=O) groups excluding carboxylic acids is 1. The quantitative estimate of drug-likeness (QED) is 0.513. The van der Waals surface area contributed by atoms with E-state index in [0.29, 0.717) is 18.2 Å². The van der Waals surface area contributed by atoms with Gasteiger partial charge >= 0.3 is 151 Å². The molecule has 2 aliphatic heterocycles. The van der Waals surface area contributed by atoms with Crippen molar-refractivity contribution in [3.63, 3.8) is 0 Å². The number of carbonyl (C=O) groups is 1. The van der Waals surface area contributed by atoms with Gasteiger partial charge in [0.1, 0.15) is 0 Å². The molecular weight excluding hydrogens is 420 g/mol. The molecule has 1 aromatic carbocycles. The fourth-order valence-electron chi connectivity index (χ4n) is 3.16. The van der Waals surface area contributed by atoms with Crippen LogP contribution >= 0.6 is 19.8 Å². The monoisotopic (exact) mass is 447 g/mol. The summed E-state index contributed by atoms with van der Waals surface area (Å²) in [5.74, 6) is -0.564. The second kappa shape index (κ2) is 8.23. The molecule has 0 aliphatic carbocycles. The molecule has 1 aromatic rings. The van der Waals surface area contributed by atoms with Gasteiger partial charge in [-0.25, -0.2) is 0 Å². The van der Waals surface area contributed by atoms with Crippen LogP contribution in [0.5, 0.6) is 0 Å². The SMILES string of the molecule is CC(C)C(=O)[C@H](CNC1CCOCC1)c1ccc(I2CC2)cc1F. The van der Waals surface area contributed by atoms with Crippen LogP contribution in [0.2, 0.25) is 0 Å². The van der Waals surface area contributed by atoms with E-state index in [-0.39, 0.29) is 17.5 Å². The first-order valence-corrected chi connectivity index (χ1v) is 12.9. The normalized spacial score (nSPS) is 21.1. The molecule has 0 radical (unpaired) electrons. The molecule has 2 heterocycles. The van der Waals surface area contributed by atoms with Crippen LogP contribution in [0.3, 0.4) is 0 Å². The molecule has 134 valence electrons. The first-order valence-electron chi connectivity index (χ1n) is 8.82. The fraction of sp³-hybridized carbons (Fsp3) is 0.632. The number of ketones is 1. The first-order chi connectivity index (χ1) is 11.6. The van der Waals surface area contributed by atoms with E-state index < -0.39 is 25.7 Å². The summed E-state index contributed by atoms with van der Waals surface area (Å²) >= 11 is -0.966. The van der Waals surface area contributed by atoms with E-state index in [4.69, 9.17) is 4.74 Å². The van der Waals surface area contributed by atoms with E-state index in [1.165, 1.54) is 12.4 Å². The average Bonchev–Trinajstić information content (AvgIpc) is 3.41. The Morgan fingerprint density at radius 3 is 2.62 bits per heavy atom. The molecule has 0 unspecified atom stereocenters. The van der Waals surface area contributed by atoms with Gasteiger partial charge in [0.15, 0.2) is 0 Å². The summed E-state index contributed by atoms with van der Waals surface area (Å²) in [6, 6.07) is 6.02. The topological polar surface area (TPSA) is 38.3 Å². The zero-order chi connectivity index (χ0) is 17.1. The molecule has 3 nitrogen and oxygen atoms in total. The molecule has 1 N–H and O–H groups in total.